The minimum absolute atomic E-state index is 0.294. The number of aromatic carboxylic acids is 1. The van der Waals surface area contributed by atoms with Crippen LogP contribution in [0.5, 0.6) is 0 Å². The first kappa shape index (κ1) is 16.0. The first-order valence-electron chi connectivity index (χ1n) is 7.91. The molecule has 3 unspecified atom stereocenters. The van der Waals surface area contributed by atoms with Crippen molar-refractivity contribution in [1.82, 2.24) is 0 Å². The minimum atomic E-state index is -0.886. The number of ether oxygens (including phenoxy) is 1. The van der Waals surface area contributed by atoms with Crippen molar-refractivity contribution in [3.63, 3.8) is 0 Å². The molecule has 0 saturated heterocycles. The van der Waals surface area contributed by atoms with Crippen molar-refractivity contribution < 1.29 is 14.6 Å². The van der Waals surface area contributed by atoms with E-state index in [1.54, 1.807) is 18.2 Å². The SMILES string of the molecule is CC1CCC(C(C)C)C(OCc2cccc(C(=O)O)c2)C1. The lowest BCUT2D eigenvalue weighted by atomic mass is 9.75. The summed E-state index contributed by atoms with van der Waals surface area (Å²) in [7, 11) is 0. The van der Waals surface area contributed by atoms with Gasteiger partial charge >= 0.3 is 5.97 Å². The van der Waals surface area contributed by atoms with Crippen molar-refractivity contribution in [2.75, 3.05) is 0 Å². The van der Waals surface area contributed by atoms with Gasteiger partial charge in [0.1, 0.15) is 0 Å². The number of hydrogen-bond donors (Lipinski definition) is 1. The minimum Gasteiger partial charge on any atom is -0.478 e. The van der Waals surface area contributed by atoms with E-state index in [-0.39, 0.29) is 0 Å². The Bertz CT molecular complexity index is 481. The van der Waals surface area contributed by atoms with E-state index in [0.717, 1.165) is 17.9 Å². The van der Waals surface area contributed by atoms with Gasteiger partial charge in [0.25, 0.3) is 0 Å². The molecule has 1 N–H and O–H groups in total. The lowest BCUT2D eigenvalue weighted by molar-refractivity contribution is -0.0472. The molecule has 1 aromatic rings. The van der Waals surface area contributed by atoms with Gasteiger partial charge in [-0.3, -0.25) is 0 Å². The number of carboxylic acids is 1. The van der Waals surface area contributed by atoms with E-state index in [0.29, 0.717) is 30.1 Å². The van der Waals surface area contributed by atoms with Crippen LogP contribution in [0.15, 0.2) is 24.3 Å². The number of carbonyl (C=O) groups is 1. The quantitative estimate of drug-likeness (QED) is 0.876. The van der Waals surface area contributed by atoms with E-state index in [1.807, 2.05) is 6.07 Å². The van der Waals surface area contributed by atoms with Crippen LogP contribution in [0.1, 0.15) is 56.0 Å². The molecule has 0 bridgehead atoms. The molecule has 1 fully saturated rings. The standard InChI is InChI=1S/C18H26O3/c1-12(2)16-8-7-13(3)9-17(16)21-11-14-5-4-6-15(10-14)18(19)20/h4-6,10,12-13,16-17H,7-9,11H2,1-3H3,(H,19,20). The maximum atomic E-state index is 11.0. The highest BCUT2D eigenvalue weighted by molar-refractivity contribution is 5.87. The summed E-state index contributed by atoms with van der Waals surface area (Å²) in [5.41, 5.74) is 1.27. The van der Waals surface area contributed by atoms with Gasteiger partial charge in [0, 0.05) is 0 Å². The topological polar surface area (TPSA) is 46.5 Å². The fraction of sp³-hybridized carbons (Fsp3) is 0.611. The normalized spacial score (nSPS) is 26.0. The molecule has 1 aliphatic rings. The Hall–Kier alpha value is -1.35. The fourth-order valence-electron chi connectivity index (χ4n) is 3.30. The van der Waals surface area contributed by atoms with E-state index >= 15 is 0 Å². The average Bonchev–Trinajstić information content (AvgIpc) is 2.45. The van der Waals surface area contributed by atoms with E-state index in [9.17, 15) is 4.79 Å². The van der Waals surface area contributed by atoms with Gasteiger partial charge in [-0.15, -0.1) is 0 Å². The lowest BCUT2D eigenvalue weighted by Crippen LogP contribution is -2.34. The van der Waals surface area contributed by atoms with Gasteiger partial charge in [-0.25, -0.2) is 4.79 Å². The number of benzene rings is 1. The van der Waals surface area contributed by atoms with Gasteiger partial charge in [0.15, 0.2) is 0 Å². The molecule has 0 radical (unpaired) electrons. The molecule has 1 aliphatic carbocycles. The predicted octanol–water partition coefficient (Wildman–Crippen LogP) is 4.36. The molecule has 116 valence electrons. The molecule has 0 aromatic heterocycles. The number of rotatable bonds is 5. The van der Waals surface area contributed by atoms with Gasteiger partial charge in [0.05, 0.1) is 18.3 Å². The number of carboxylic acid groups (broad SMARTS) is 1. The lowest BCUT2D eigenvalue weighted by Gasteiger charge is -2.37. The molecule has 0 amide bonds. The Labute approximate surface area is 127 Å². The second kappa shape index (κ2) is 7.08. The van der Waals surface area contributed by atoms with Crippen LogP contribution in [0.2, 0.25) is 0 Å². The summed E-state index contributed by atoms with van der Waals surface area (Å²) in [6.45, 7) is 7.32. The van der Waals surface area contributed by atoms with Crippen LogP contribution in [0.25, 0.3) is 0 Å². The zero-order valence-electron chi connectivity index (χ0n) is 13.2. The maximum absolute atomic E-state index is 11.0. The van der Waals surface area contributed by atoms with Crippen LogP contribution in [0.3, 0.4) is 0 Å². The molecule has 3 heteroatoms. The van der Waals surface area contributed by atoms with Crippen LogP contribution in [-0.2, 0) is 11.3 Å². The van der Waals surface area contributed by atoms with Crippen LogP contribution >= 0.6 is 0 Å². The van der Waals surface area contributed by atoms with Gasteiger partial charge < -0.3 is 9.84 Å². The van der Waals surface area contributed by atoms with E-state index in [2.05, 4.69) is 20.8 Å². The summed E-state index contributed by atoms with van der Waals surface area (Å²) in [5, 5.41) is 9.03. The third-order valence-electron chi connectivity index (χ3n) is 4.60. The molecule has 2 rings (SSSR count). The molecule has 0 spiro atoms. The highest BCUT2D eigenvalue weighted by Crippen LogP contribution is 2.35. The van der Waals surface area contributed by atoms with Gasteiger partial charge in [-0.05, 0) is 48.3 Å². The predicted molar refractivity (Wildman–Crippen MR) is 83.3 cm³/mol. The van der Waals surface area contributed by atoms with Gasteiger partial charge in [-0.1, -0.05) is 39.3 Å². The highest BCUT2D eigenvalue weighted by atomic mass is 16.5. The van der Waals surface area contributed by atoms with E-state index in [4.69, 9.17) is 9.84 Å². The summed E-state index contributed by atoms with van der Waals surface area (Å²) in [5.74, 6) is 1.08. The van der Waals surface area contributed by atoms with Crippen molar-refractivity contribution in [3.8, 4) is 0 Å². The fourth-order valence-corrected chi connectivity index (χ4v) is 3.30. The number of hydrogen-bond acceptors (Lipinski definition) is 2. The first-order valence-corrected chi connectivity index (χ1v) is 7.91. The van der Waals surface area contributed by atoms with E-state index in [1.165, 1.54) is 12.8 Å². The molecule has 1 aromatic carbocycles. The Balaban J connectivity index is 2.00. The molecular weight excluding hydrogens is 264 g/mol. The molecular formula is C18H26O3. The molecule has 21 heavy (non-hydrogen) atoms. The smallest absolute Gasteiger partial charge is 0.335 e. The van der Waals surface area contributed by atoms with Crippen molar-refractivity contribution in [2.45, 2.75) is 52.7 Å². The molecule has 0 aliphatic heterocycles. The maximum Gasteiger partial charge on any atom is 0.335 e. The van der Waals surface area contributed by atoms with Crippen LogP contribution in [-0.4, -0.2) is 17.2 Å². The Morgan fingerprint density at radius 2 is 2.14 bits per heavy atom. The zero-order valence-corrected chi connectivity index (χ0v) is 13.2. The van der Waals surface area contributed by atoms with Crippen LogP contribution in [0, 0.1) is 17.8 Å². The van der Waals surface area contributed by atoms with Crippen molar-refractivity contribution in [3.05, 3.63) is 35.4 Å². The van der Waals surface area contributed by atoms with Crippen molar-refractivity contribution >= 4 is 5.97 Å². The van der Waals surface area contributed by atoms with Crippen molar-refractivity contribution in [2.24, 2.45) is 17.8 Å². The largest absolute Gasteiger partial charge is 0.478 e. The first-order chi connectivity index (χ1) is 9.97. The summed E-state index contributed by atoms with van der Waals surface area (Å²) in [6, 6.07) is 7.04. The average molecular weight is 290 g/mol. The summed E-state index contributed by atoms with van der Waals surface area (Å²) >= 11 is 0. The molecule has 3 atom stereocenters. The molecule has 0 heterocycles. The summed E-state index contributed by atoms with van der Waals surface area (Å²) < 4.78 is 6.16. The Morgan fingerprint density at radius 3 is 2.81 bits per heavy atom. The zero-order chi connectivity index (χ0) is 15.4. The van der Waals surface area contributed by atoms with Gasteiger partial charge in [0.2, 0.25) is 0 Å². The molecule has 1 saturated carbocycles. The van der Waals surface area contributed by atoms with Gasteiger partial charge in [-0.2, -0.15) is 0 Å². The Morgan fingerprint density at radius 1 is 1.38 bits per heavy atom. The third-order valence-corrected chi connectivity index (χ3v) is 4.60. The summed E-state index contributed by atoms with van der Waals surface area (Å²) in [6.07, 6.45) is 3.93. The monoisotopic (exact) mass is 290 g/mol. The second-order valence-corrected chi connectivity index (χ2v) is 6.68. The molecule has 3 nitrogen and oxygen atoms in total. The highest BCUT2D eigenvalue weighted by Gasteiger charge is 2.31. The third kappa shape index (κ3) is 4.31. The summed E-state index contributed by atoms with van der Waals surface area (Å²) in [4.78, 5) is 11.0. The Kier molecular flexibility index (Phi) is 5.40. The van der Waals surface area contributed by atoms with Crippen LogP contribution in [0.4, 0.5) is 0 Å². The van der Waals surface area contributed by atoms with Crippen molar-refractivity contribution in [1.29, 1.82) is 0 Å². The van der Waals surface area contributed by atoms with E-state index < -0.39 is 5.97 Å². The van der Waals surface area contributed by atoms with Crippen LogP contribution < -0.4 is 0 Å². The second-order valence-electron chi connectivity index (χ2n) is 6.68.